The Morgan fingerprint density at radius 2 is 2.19 bits per heavy atom. The van der Waals surface area contributed by atoms with E-state index in [2.05, 4.69) is 41.6 Å². The lowest BCUT2D eigenvalue weighted by atomic mass is 10.1. The largest absolute Gasteiger partial charge is 0.364 e. The van der Waals surface area contributed by atoms with Crippen LogP contribution in [0.3, 0.4) is 0 Å². The quantitative estimate of drug-likeness (QED) is 0.912. The number of hydrogen-bond donors (Lipinski definition) is 2. The lowest BCUT2D eigenvalue weighted by Gasteiger charge is -2.29. The van der Waals surface area contributed by atoms with Crippen molar-refractivity contribution in [3.8, 4) is 0 Å². The maximum Gasteiger partial charge on any atom is 0.245 e. The molecular formula is C16H19N3OS. The van der Waals surface area contributed by atoms with Gasteiger partial charge in [0.05, 0.1) is 6.54 Å². The van der Waals surface area contributed by atoms with Gasteiger partial charge in [-0.1, -0.05) is 12.1 Å². The number of benzene rings is 1. The van der Waals surface area contributed by atoms with E-state index in [9.17, 15) is 4.79 Å². The van der Waals surface area contributed by atoms with Crippen molar-refractivity contribution in [2.24, 2.45) is 5.73 Å². The summed E-state index contributed by atoms with van der Waals surface area (Å²) in [5.74, 6) is -0.128. The van der Waals surface area contributed by atoms with E-state index in [1.54, 1.807) is 11.3 Å². The molecule has 4 nitrogen and oxygen atoms in total. The number of carbonyl (C=O) groups excluding carboxylic acids is 1. The Labute approximate surface area is 128 Å². The first-order valence-electron chi connectivity index (χ1n) is 7.05. The second-order valence-corrected chi connectivity index (χ2v) is 6.57. The minimum atomic E-state index is -0.543. The first-order chi connectivity index (χ1) is 10.1. The molecule has 1 atom stereocenters. The molecule has 110 valence electrons. The second kappa shape index (κ2) is 5.50. The van der Waals surface area contributed by atoms with Crippen LogP contribution in [0, 0.1) is 0 Å². The molecule has 0 saturated carbocycles. The van der Waals surface area contributed by atoms with Gasteiger partial charge in [-0.05, 0) is 37.4 Å². The van der Waals surface area contributed by atoms with Crippen molar-refractivity contribution >= 4 is 28.6 Å². The van der Waals surface area contributed by atoms with E-state index in [4.69, 9.17) is 5.73 Å². The van der Waals surface area contributed by atoms with Crippen molar-refractivity contribution in [3.05, 3.63) is 46.2 Å². The summed E-state index contributed by atoms with van der Waals surface area (Å²) in [6.07, 6.45) is 0. The van der Waals surface area contributed by atoms with Crippen LogP contribution in [-0.4, -0.2) is 11.9 Å². The third-order valence-corrected chi connectivity index (χ3v) is 4.63. The van der Waals surface area contributed by atoms with Crippen LogP contribution in [0.4, 0.5) is 11.4 Å². The number of hydrogen-bond acceptors (Lipinski definition) is 4. The van der Waals surface area contributed by atoms with Gasteiger partial charge in [0.15, 0.2) is 0 Å². The fourth-order valence-corrected chi connectivity index (χ4v) is 3.30. The summed E-state index contributed by atoms with van der Waals surface area (Å²) < 4.78 is 0. The summed E-state index contributed by atoms with van der Waals surface area (Å²) in [5, 5.41) is 4.95. The van der Waals surface area contributed by atoms with Crippen LogP contribution in [0.2, 0.25) is 0 Å². The molecule has 3 N–H and O–H groups in total. The van der Waals surface area contributed by atoms with Gasteiger partial charge in [0.1, 0.15) is 6.04 Å². The zero-order valence-corrected chi connectivity index (χ0v) is 13.0. The minimum Gasteiger partial charge on any atom is -0.364 e. The summed E-state index contributed by atoms with van der Waals surface area (Å²) in [6, 6.07) is 10.1. The average Bonchev–Trinajstić information content (AvgIpc) is 3.05. The van der Waals surface area contributed by atoms with Gasteiger partial charge >= 0.3 is 0 Å². The number of nitrogens with one attached hydrogen (secondary N) is 1. The molecule has 1 aromatic heterocycles. The summed E-state index contributed by atoms with van der Waals surface area (Å²) in [7, 11) is 0. The molecule has 0 bridgehead atoms. The number of fused-ring (bicyclic) bond motifs is 1. The number of thiophene rings is 1. The zero-order chi connectivity index (χ0) is 15.0. The number of amides is 1. The van der Waals surface area contributed by atoms with Crippen molar-refractivity contribution in [3.63, 3.8) is 0 Å². The zero-order valence-electron chi connectivity index (χ0n) is 12.2. The van der Waals surface area contributed by atoms with Crippen LogP contribution in [0.5, 0.6) is 0 Å². The Kier molecular flexibility index (Phi) is 3.69. The molecule has 0 aliphatic carbocycles. The third-order valence-electron chi connectivity index (χ3n) is 3.77. The van der Waals surface area contributed by atoms with Crippen LogP contribution in [-0.2, 0) is 11.3 Å². The summed E-state index contributed by atoms with van der Waals surface area (Å²) in [6.45, 7) is 5.21. The van der Waals surface area contributed by atoms with E-state index in [1.807, 2.05) is 18.2 Å². The molecule has 0 saturated heterocycles. The highest BCUT2D eigenvalue weighted by atomic mass is 32.1. The number of anilines is 2. The van der Waals surface area contributed by atoms with Crippen molar-refractivity contribution in [2.45, 2.75) is 32.5 Å². The fourth-order valence-electron chi connectivity index (χ4n) is 2.60. The molecule has 1 aliphatic heterocycles. The molecule has 21 heavy (non-hydrogen) atoms. The highest BCUT2D eigenvalue weighted by Gasteiger charge is 2.27. The van der Waals surface area contributed by atoms with Gasteiger partial charge in [0, 0.05) is 27.9 Å². The molecule has 1 amide bonds. The predicted molar refractivity (Wildman–Crippen MR) is 87.6 cm³/mol. The van der Waals surface area contributed by atoms with Crippen molar-refractivity contribution in [2.75, 3.05) is 10.2 Å². The average molecular weight is 301 g/mol. The topological polar surface area (TPSA) is 58.4 Å². The molecule has 1 aliphatic rings. The van der Waals surface area contributed by atoms with Crippen molar-refractivity contribution in [1.82, 2.24) is 0 Å². The molecule has 0 fully saturated rings. The maximum absolute atomic E-state index is 11.7. The molecule has 2 heterocycles. The molecule has 3 rings (SSSR count). The van der Waals surface area contributed by atoms with Crippen LogP contribution >= 0.6 is 11.3 Å². The van der Waals surface area contributed by atoms with Gasteiger partial charge in [0.2, 0.25) is 5.91 Å². The molecule has 0 radical (unpaired) electrons. The molecule has 0 spiro atoms. The first-order valence-corrected chi connectivity index (χ1v) is 7.93. The van der Waals surface area contributed by atoms with Crippen LogP contribution < -0.4 is 16.0 Å². The Hall–Kier alpha value is -1.85. The number of rotatable bonds is 4. The molecule has 1 unspecified atom stereocenters. The van der Waals surface area contributed by atoms with Crippen molar-refractivity contribution in [1.29, 1.82) is 0 Å². The standard InChI is InChI=1S/C16H19N3OS/c1-10(2)19(9-12-4-3-7-21-12)11-5-6-13-14(8-11)18-16(20)15(13)17/h3-8,10,15H,9,17H2,1-2H3,(H,18,20). The number of carbonyl (C=O) groups is 1. The van der Waals surface area contributed by atoms with E-state index in [0.717, 1.165) is 23.5 Å². The molecule has 1 aromatic carbocycles. The Morgan fingerprint density at radius 3 is 2.86 bits per heavy atom. The van der Waals surface area contributed by atoms with Gasteiger partial charge in [-0.15, -0.1) is 11.3 Å². The van der Waals surface area contributed by atoms with E-state index < -0.39 is 6.04 Å². The van der Waals surface area contributed by atoms with Gasteiger partial charge in [-0.2, -0.15) is 0 Å². The second-order valence-electron chi connectivity index (χ2n) is 5.54. The lowest BCUT2D eigenvalue weighted by Crippen LogP contribution is -2.29. The summed E-state index contributed by atoms with van der Waals surface area (Å²) >= 11 is 1.76. The molecule has 2 aromatic rings. The summed E-state index contributed by atoms with van der Waals surface area (Å²) in [5.41, 5.74) is 8.68. The van der Waals surface area contributed by atoms with E-state index in [1.165, 1.54) is 4.88 Å². The van der Waals surface area contributed by atoms with Gasteiger partial charge in [-0.25, -0.2) is 0 Å². The first kappa shape index (κ1) is 14.1. The van der Waals surface area contributed by atoms with Gasteiger partial charge in [-0.3, -0.25) is 4.79 Å². The molecular weight excluding hydrogens is 282 g/mol. The van der Waals surface area contributed by atoms with Crippen LogP contribution in [0.25, 0.3) is 0 Å². The Bertz CT molecular complexity index is 652. The highest BCUT2D eigenvalue weighted by Crippen LogP contribution is 2.34. The maximum atomic E-state index is 11.7. The summed E-state index contributed by atoms with van der Waals surface area (Å²) in [4.78, 5) is 15.3. The Balaban J connectivity index is 1.91. The van der Waals surface area contributed by atoms with Gasteiger partial charge in [0.25, 0.3) is 0 Å². The van der Waals surface area contributed by atoms with E-state index in [0.29, 0.717) is 6.04 Å². The van der Waals surface area contributed by atoms with E-state index >= 15 is 0 Å². The van der Waals surface area contributed by atoms with Crippen LogP contribution in [0.15, 0.2) is 35.7 Å². The minimum absolute atomic E-state index is 0.128. The van der Waals surface area contributed by atoms with Crippen molar-refractivity contribution < 1.29 is 4.79 Å². The monoisotopic (exact) mass is 301 g/mol. The predicted octanol–water partition coefficient (Wildman–Crippen LogP) is 3.12. The lowest BCUT2D eigenvalue weighted by molar-refractivity contribution is -0.116. The smallest absolute Gasteiger partial charge is 0.245 e. The van der Waals surface area contributed by atoms with E-state index in [-0.39, 0.29) is 5.91 Å². The third kappa shape index (κ3) is 2.66. The Morgan fingerprint density at radius 1 is 1.38 bits per heavy atom. The highest BCUT2D eigenvalue weighted by molar-refractivity contribution is 7.09. The fraction of sp³-hybridized carbons (Fsp3) is 0.312. The number of nitrogens with zero attached hydrogens (tertiary/aromatic N) is 1. The van der Waals surface area contributed by atoms with Crippen LogP contribution in [0.1, 0.15) is 30.3 Å². The van der Waals surface area contributed by atoms with Gasteiger partial charge < -0.3 is 16.0 Å². The normalized spacial score (nSPS) is 17.0. The SMILES string of the molecule is CC(C)N(Cc1cccs1)c1ccc2c(c1)NC(=O)C2N. The molecule has 5 heteroatoms. The number of nitrogens with two attached hydrogens (primary N) is 1.